The Morgan fingerprint density at radius 2 is 2.18 bits per heavy atom. The molecule has 1 aromatic carbocycles. The standard InChI is InChI=1S/C16H22N2O2S.ClH/c1-20-14-3-2-4-15(9-14)21-11-16(19)18-8-7-12-5-6-13(10-18)17-12;/h2-4,9,12-13,17H,5-8,10-11H2,1H3;1H. The molecule has 0 spiro atoms. The van der Waals surface area contributed by atoms with Gasteiger partial charge in [-0.25, -0.2) is 0 Å². The average molecular weight is 343 g/mol. The number of fused-ring (bicyclic) bond motifs is 2. The summed E-state index contributed by atoms with van der Waals surface area (Å²) in [4.78, 5) is 15.5. The molecule has 3 rings (SSSR count). The number of amides is 1. The van der Waals surface area contributed by atoms with Crippen molar-refractivity contribution in [3.05, 3.63) is 24.3 Å². The van der Waals surface area contributed by atoms with Gasteiger partial charge in [-0.2, -0.15) is 0 Å². The summed E-state index contributed by atoms with van der Waals surface area (Å²) in [5.41, 5.74) is 0. The molecule has 0 aliphatic carbocycles. The number of hydrogen-bond acceptors (Lipinski definition) is 4. The van der Waals surface area contributed by atoms with Gasteiger partial charge < -0.3 is 15.0 Å². The van der Waals surface area contributed by atoms with Gasteiger partial charge in [-0.1, -0.05) is 6.07 Å². The number of thioether (sulfide) groups is 1. The van der Waals surface area contributed by atoms with Crippen LogP contribution >= 0.6 is 24.2 Å². The SMILES string of the molecule is COc1cccc(SCC(=O)N2CCC3CCC(C2)N3)c1.Cl. The highest BCUT2D eigenvalue weighted by atomic mass is 35.5. The molecule has 122 valence electrons. The van der Waals surface area contributed by atoms with Gasteiger partial charge in [0.15, 0.2) is 0 Å². The van der Waals surface area contributed by atoms with Crippen LogP contribution in [0, 0.1) is 0 Å². The molecule has 2 aliphatic heterocycles. The van der Waals surface area contributed by atoms with Crippen molar-refractivity contribution >= 4 is 30.1 Å². The van der Waals surface area contributed by atoms with E-state index in [4.69, 9.17) is 4.74 Å². The van der Waals surface area contributed by atoms with E-state index >= 15 is 0 Å². The Balaban J connectivity index is 0.00000176. The lowest BCUT2D eigenvalue weighted by molar-refractivity contribution is -0.128. The van der Waals surface area contributed by atoms with Gasteiger partial charge >= 0.3 is 0 Å². The van der Waals surface area contributed by atoms with E-state index in [1.54, 1.807) is 18.9 Å². The maximum Gasteiger partial charge on any atom is 0.232 e. The summed E-state index contributed by atoms with van der Waals surface area (Å²) >= 11 is 1.59. The Hall–Kier alpha value is -0.910. The minimum atomic E-state index is 0. The van der Waals surface area contributed by atoms with Crippen LogP contribution in [-0.2, 0) is 4.79 Å². The third-order valence-electron chi connectivity index (χ3n) is 4.28. The van der Waals surface area contributed by atoms with E-state index in [2.05, 4.69) is 5.32 Å². The summed E-state index contributed by atoms with van der Waals surface area (Å²) in [6.45, 7) is 1.76. The van der Waals surface area contributed by atoms with Crippen LogP contribution < -0.4 is 10.1 Å². The van der Waals surface area contributed by atoms with Crippen LogP contribution in [0.1, 0.15) is 19.3 Å². The average Bonchev–Trinajstić information content (AvgIpc) is 2.84. The highest BCUT2D eigenvalue weighted by Crippen LogP contribution is 2.24. The van der Waals surface area contributed by atoms with Crippen LogP contribution in [0.25, 0.3) is 0 Å². The fraction of sp³-hybridized carbons (Fsp3) is 0.562. The van der Waals surface area contributed by atoms with Crippen LogP contribution in [0.4, 0.5) is 0 Å². The van der Waals surface area contributed by atoms with Crippen LogP contribution in [0.15, 0.2) is 29.2 Å². The lowest BCUT2D eigenvalue weighted by Crippen LogP contribution is -2.39. The topological polar surface area (TPSA) is 41.6 Å². The Bertz CT molecular complexity index is 515. The minimum absolute atomic E-state index is 0. The van der Waals surface area contributed by atoms with E-state index in [0.717, 1.165) is 30.2 Å². The number of ether oxygens (including phenoxy) is 1. The Kier molecular flexibility index (Phi) is 6.41. The summed E-state index contributed by atoms with van der Waals surface area (Å²) in [7, 11) is 1.66. The summed E-state index contributed by atoms with van der Waals surface area (Å²) < 4.78 is 5.21. The summed E-state index contributed by atoms with van der Waals surface area (Å²) in [6, 6.07) is 9.00. The Morgan fingerprint density at radius 3 is 3.00 bits per heavy atom. The van der Waals surface area contributed by atoms with Crippen molar-refractivity contribution in [2.24, 2.45) is 0 Å². The smallest absolute Gasteiger partial charge is 0.232 e. The van der Waals surface area contributed by atoms with Gasteiger partial charge in [-0.15, -0.1) is 24.2 Å². The molecule has 4 nitrogen and oxygen atoms in total. The molecule has 2 aliphatic rings. The number of benzene rings is 1. The highest BCUT2D eigenvalue weighted by Gasteiger charge is 2.30. The van der Waals surface area contributed by atoms with Crippen LogP contribution in [-0.4, -0.2) is 48.8 Å². The van der Waals surface area contributed by atoms with Gasteiger partial charge in [0.05, 0.1) is 12.9 Å². The first-order chi connectivity index (χ1) is 10.2. The molecule has 1 N–H and O–H groups in total. The van der Waals surface area contributed by atoms with Crippen molar-refractivity contribution in [1.29, 1.82) is 0 Å². The van der Waals surface area contributed by atoms with Crippen LogP contribution in [0.5, 0.6) is 5.75 Å². The predicted molar refractivity (Wildman–Crippen MR) is 92.1 cm³/mol. The molecule has 2 heterocycles. The number of likely N-dealkylation sites (tertiary alicyclic amines) is 1. The van der Waals surface area contributed by atoms with Crippen molar-refractivity contribution in [3.8, 4) is 5.75 Å². The zero-order valence-corrected chi connectivity index (χ0v) is 14.4. The van der Waals surface area contributed by atoms with E-state index in [9.17, 15) is 4.79 Å². The van der Waals surface area contributed by atoms with Gasteiger partial charge in [0.25, 0.3) is 0 Å². The second kappa shape index (κ2) is 8.09. The molecule has 2 fully saturated rings. The first kappa shape index (κ1) is 17.4. The normalized spacial score (nSPS) is 23.6. The Morgan fingerprint density at radius 1 is 1.36 bits per heavy atom. The molecule has 2 unspecified atom stereocenters. The molecular formula is C16H23ClN2O2S. The number of nitrogens with one attached hydrogen (secondary N) is 1. The molecule has 2 saturated heterocycles. The molecule has 22 heavy (non-hydrogen) atoms. The summed E-state index contributed by atoms with van der Waals surface area (Å²) in [5.74, 6) is 1.59. The number of carbonyl (C=O) groups excluding carboxylic acids is 1. The maximum absolute atomic E-state index is 12.4. The molecule has 2 atom stereocenters. The maximum atomic E-state index is 12.4. The van der Waals surface area contributed by atoms with Gasteiger partial charge in [-0.05, 0) is 37.5 Å². The van der Waals surface area contributed by atoms with Gasteiger partial charge in [0.1, 0.15) is 5.75 Å². The van der Waals surface area contributed by atoms with Crippen LogP contribution in [0.2, 0.25) is 0 Å². The first-order valence-electron chi connectivity index (χ1n) is 7.55. The van der Waals surface area contributed by atoms with Gasteiger partial charge in [0.2, 0.25) is 5.91 Å². The zero-order valence-electron chi connectivity index (χ0n) is 12.8. The van der Waals surface area contributed by atoms with E-state index in [0.29, 0.717) is 17.8 Å². The van der Waals surface area contributed by atoms with Gasteiger partial charge in [-0.3, -0.25) is 4.79 Å². The number of rotatable bonds is 4. The van der Waals surface area contributed by atoms with E-state index in [1.807, 2.05) is 29.2 Å². The molecule has 0 saturated carbocycles. The van der Waals surface area contributed by atoms with Crippen molar-refractivity contribution in [2.45, 2.75) is 36.2 Å². The zero-order chi connectivity index (χ0) is 14.7. The third kappa shape index (κ3) is 4.31. The number of methoxy groups -OCH3 is 1. The minimum Gasteiger partial charge on any atom is -0.497 e. The van der Waals surface area contributed by atoms with Crippen molar-refractivity contribution in [1.82, 2.24) is 10.2 Å². The fourth-order valence-corrected chi connectivity index (χ4v) is 3.94. The fourth-order valence-electron chi connectivity index (χ4n) is 3.10. The monoisotopic (exact) mass is 342 g/mol. The molecular weight excluding hydrogens is 320 g/mol. The largest absolute Gasteiger partial charge is 0.497 e. The second-order valence-corrected chi connectivity index (χ2v) is 6.78. The highest BCUT2D eigenvalue weighted by molar-refractivity contribution is 8.00. The number of hydrogen-bond donors (Lipinski definition) is 1. The van der Waals surface area contributed by atoms with E-state index in [1.165, 1.54) is 12.8 Å². The number of nitrogens with zero attached hydrogens (tertiary/aromatic N) is 1. The summed E-state index contributed by atoms with van der Waals surface area (Å²) in [6.07, 6.45) is 3.56. The van der Waals surface area contributed by atoms with Gasteiger partial charge in [0, 0.05) is 30.1 Å². The number of halogens is 1. The molecule has 1 amide bonds. The molecule has 0 aromatic heterocycles. The molecule has 0 radical (unpaired) electrons. The number of carbonyl (C=O) groups is 1. The van der Waals surface area contributed by atoms with Crippen molar-refractivity contribution < 1.29 is 9.53 Å². The van der Waals surface area contributed by atoms with E-state index in [-0.39, 0.29) is 18.3 Å². The molecule has 6 heteroatoms. The summed E-state index contributed by atoms with van der Waals surface area (Å²) in [5, 5.41) is 3.61. The van der Waals surface area contributed by atoms with Crippen LogP contribution in [0.3, 0.4) is 0 Å². The Labute approximate surface area is 142 Å². The molecule has 1 aromatic rings. The first-order valence-corrected chi connectivity index (χ1v) is 8.54. The lowest BCUT2D eigenvalue weighted by Gasteiger charge is -2.24. The molecule has 2 bridgehead atoms. The van der Waals surface area contributed by atoms with Crippen molar-refractivity contribution in [3.63, 3.8) is 0 Å². The lowest BCUT2D eigenvalue weighted by atomic mass is 10.1. The van der Waals surface area contributed by atoms with E-state index < -0.39 is 0 Å². The quantitative estimate of drug-likeness (QED) is 0.854. The third-order valence-corrected chi connectivity index (χ3v) is 5.26. The predicted octanol–water partition coefficient (Wildman–Crippen LogP) is 2.56. The van der Waals surface area contributed by atoms with Crippen molar-refractivity contribution in [2.75, 3.05) is 26.0 Å². The second-order valence-electron chi connectivity index (χ2n) is 5.73.